The third-order valence-corrected chi connectivity index (χ3v) is 3.30. The van der Waals surface area contributed by atoms with Gasteiger partial charge in [0.15, 0.2) is 0 Å². The van der Waals surface area contributed by atoms with Crippen molar-refractivity contribution >= 4 is 16.5 Å². The molecule has 0 amide bonds. The quantitative estimate of drug-likeness (QED) is 0.724. The Hall–Kier alpha value is -1.76. The molecule has 0 bridgehead atoms. The van der Waals surface area contributed by atoms with Crippen LogP contribution < -0.4 is 0 Å². The van der Waals surface area contributed by atoms with Gasteiger partial charge in [-0.2, -0.15) is 0 Å². The summed E-state index contributed by atoms with van der Waals surface area (Å²) in [6, 6.07) is 8.51. The van der Waals surface area contributed by atoms with E-state index in [2.05, 4.69) is 54.4 Å². The van der Waals surface area contributed by atoms with Crippen LogP contribution in [-0.4, -0.2) is 4.98 Å². The Balaban J connectivity index is 2.20. The van der Waals surface area contributed by atoms with Crippen LogP contribution >= 0.6 is 0 Å². The van der Waals surface area contributed by atoms with Crippen molar-refractivity contribution < 1.29 is 0 Å². The van der Waals surface area contributed by atoms with Gasteiger partial charge in [0.2, 0.25) is 0 Å². The second-order valence-electron chi connectivity index (χ2n) is 4.33. The fourth-order valence-corrected chi connectivity index (χ4v) is 2.41. The third kappa shape index (κ3) is 1.40. The molecule has 0 radical (unpaired) electrons. The number of H-pyrrole nitrogens is 1. The molecule has 16 heavy (non-hydrogen) atoms. The van der Waals surface area contributed by atoms with Crippen molar-refractivity contribution in [2.24, 2.45) is 0 Å². The average Bonchev–Trinajstić information content (AvgIpc) is 2.69. The van der Waals surface area contributed by atoms with E-state index in [4.69, 9.17) is 0 Å². The van der Waals surface area contributed by atoms with Crippen molar-refractivity contribution in [1.29, 1.82) is 0 Å². The minimum atomic E-state index is 1.14. The van der Waals surface area contributed by atoms with Crippen LogP contribution in [0.2, 0.25) is 0 Å². The van der Waals surface area contributed by atoms with Gasteiger partial charge in [0.1, 0.15) is 0 Å². The largest absolute Gasteiger partial charge is 0.355 e. The van der Waals surface area contributed by atoms with E-state index in [-0.39, 0.29) is 0 Å². The molecule has 0 fully saturated rings. The summed E-state index contributed by atoms with van der Waals surface area (Å²) in [6.45, 7) is 2.20. The van der Waals surface area contributed by atoms with Crippen molar-refractivity contribution in [3.05, 3.63) is 53.8 Å². The smallest absolute Gasteiger partial charge is 0.0461 e. The van der Waals surface area contributed by atoms with Gasteiger partial charge < -0.3 is 4.98 Å². The zero-order chi connectivity index (χ0) is 11.0. The molecule has 0 aliphatic heterocycles. The average molecular weight is 209 g/mol. The lowest BCUT2D eigenvalue weighted by atomic mass is 9.99. The first-order chi connectivity index (χ1) is 7.86. The van der Waals surface area contributed by atoms with Crippen molar-refractivity contribution in [3.63, 3.8) is 0 Å². The first-order valence-electron chi connectivity index (χ1n) is 5.79. The number of hydrogen-bond donors (Lipinski definition) is 1. The Kier molecular flexibility index (Phi) is 2.17. The first kappa shape index (κ1) is 9.46. The number of fused-ring (bicyclic) bond motifs is 1. The zero-order valence-electron chi connectivity index (χ0n) is 9.46. The molecular formula is C15H15N. The fourth-order valence-electron chi connectivity index (χ4n) is 2.41. The van der Waals surface area contributed by atoms with E-state index in [0.29, 0.717) is 0 Å². The van der Waals surface area contributed by atoms with E-state index in [1.807, 2.05) is 0 Å². The highest BCUT2D eigenvalue weighted by Crippen LogP contribution is 2.30. The molecule has 0 saturated carbocycles. The molecule has 1 heterocycles. The lowest BCUT2D eigenvalue weighted by Crippen LogP contribution is -1.90. The summed E-state index contributed by atoms with van der Waals surface area (Å²) < 4.78 is 0. The standard InChI is InChI=1S/C15H15N/c1-11-13-9-5-6-10-14(13)16-15(11)12-7-3-2-4-8-12/h2-3,5-7,9-10,16H,4,8H2,1H3. The zero-order valence-corrected chi connectivity index (χ0v) is 9.46. The highest BCUT2D eigenvalue weighted by molar-refractivity contribution is 5.89. The predicted molar refractivity (Wildman–Crippen MR) is 69.4 cm³/mol. The van der Waals surface area contributed by atoms with Gasteiger partial charge in [0.25, 0.3) is 0 Å². The minimum absolute atomic E-state index is 1.14. The fraction of sp³-hybridized carbons (Fsp3) is 0.200. The maximum Gasteiger partial charge on any atom is 0.0461 e. The van der Waals surface area contributed by atoms with Crippen molar-refractivity contribution in [2.75, 3.05) is 0 Å². The van der Waals surface area contributed by atoms with Crippen molar-refractivity contribution in [3.8, 4) is 0 Å². The van der Waals surface area contributed by atoms with Gasteiger partial charge in [0, 0.05) is 16.6 Å². The highest BCUT2D eigenvalue weighted by atomic mass is 14.7. The van der Waals surface area contributed by atoms with Crippen LogP contribution in [0, 0.1) is 6.92 Å². The van der Waals surface area contributed by atoms with Crippen LogP contribution in [0.1, 0.15) is 24.1 Å². The molecule has 0 unspecified atom stereocenters. The molecule has 1 nitrogen and oxygen atoms in total. The first-order valence-corrected chi connectivity index (χ1v) is 5.79. The maximum atomic E-state index is 3.53. The van der Waals surface area contributed by atoms with Gasteiger partial charge >= 0.3 is 0 Å². The monoisotopic (exact) mass is 209 g/mol. The molecule has 1 N–H and O–H groups in total. The van der Waals surface area contributed by atoms with E-state index in [9.17, 15) is 0 Å². The second-order valence-corrected chi connectivity index (χ2v) is 4.33. The molecule has 1 heteroatoms. The maximum absolute atomic E-state index is 3.53. The lowest BCUT2D eigenvalue weighted by Gasteiger charge is -2.08. The highest BCUT2D eigenvalue weighted by Gasteiger charge is 2.11. The molecule has 1 aromatic heterocycles. The third-order valence-electron chi connectivity index (χ3n) is 3.30. The summed E-state index contributed by atoms with van der Waals surface area (Å²) in [7, 11) is 0. The van der Waals surface area contributed by atoms with Crippen molar-refractivity contribution in [1.82, 2.24) is 4.98 Å². The number of allylic oxidation sites excluding steroid dienone is 4. The van der Waals surface area contributed by atoms with E-state index in [0.717, 1.165) is 12.8 Å². The Morgan fingerprint density at radius 2 is 2.06 bits per heavy atom. The Labute approximate surface area is 95.5 Å². The second kappa shape index (κ2) is 3.67. The van der Waals surface area contributed by atoms with Gasteiger partial charge in [-0.3, -0.25) is 0 Å². The number of nitrogens with one attached hydrogen (secondary N) is 1. The predicted octanol–water partition coefficient (Wildman–Crippen LogP) is 4.21. The molecule has 0 saturated heterocycles. The molecule has 0 atom stereocenters. The number of aryl methyl sites for hydroxylation is 1. The van der Waals surface area contributed by atoms with Gasteiger partial charge in [-0.05, 0) is 37.0 Å². The Morgan fingerprint density at radius 1 is 1.19 bits per heavy atom. The van der Waals surface area contributed by atoms with Crippen LogP contribution in [0.15, 0.2) is 42.5 Å². The Bertz CT molecular complexity index is 585. The van der Waals surface area contributed by atoms with Crippen LogP contribution in [0.5, 0.6) is 0 Å². The van der Waals surface area contributed by atoms with E-state index < -0.39 is 0 Å². The number of benzene rings is 1. The van der Waals surface area contributed by atoms with E-state index in [1.54, 1.807) is 0 Å². The van der Waals surface area contributed by atoms with Crippen LogP contribution in [0.4, 0.5) is 0 Å². The minimum Gasteiger partial charge on any atom is -0.355 e. The van der Waals surface area contributed by atoms with Gasteiger partial charge in [-0.25, -0.2) is 0 Å². The summed E-state index contributed by atoms with van der Waals surface area (Å²) in [6.07, 6.45) is 8.90. The number of rotatable bonds is 1. The van der Waals surface area contributed by atoms with E-state index >= 15 is 0 Å². The van der Waals surface area contributed by atoms with Crippen molar-refractivity contribution in [2.45, 2.75) is 19.8 Å². The van der Waals surface area contributed by atoms with E-state index in [1.165, 1.54) is 27.7 Å². The summed E-state index contributed by atoms with van der Waals surface area (Å²) >= 11 is 0. The van der Waals surface area contributed by atoms with Crippen LogP contribution in [0.25, 0.3) is 16.5 Å². The molecule has 1 aliphatic carbocycles. The SMILES string of the molecule is Cc1c(C2=CC=CCC2)[nH]c2ccccc12. The lowest BCUT2D eigenvalue weighted by molar-refractivity contribution is 1.04. The molecule has 80 valence electrons. The molecule has 1 aliphatic rings. The number of hydrogen-bond acceptors (Lipinski definition) is 0. The number of aromatic amines is 1. The summed E-state index contributed by atoms with van der Waals surface area (Å²) in [5.41, 5.74) is 5.35. The molecule has 1 aromatic carbocycles. The molecular weight excluding hydrogens is 194 g/mol. The molecule has 2 aromatic rings. The van der Waals surface area contributed by atoms with Gasteiger partial charge in [0.05, 0.1) is 0 Å². The van der Waals surface area contributed by atoms with Crippen LogP contribution in [0.3, 0.4) is 0 Å². The molecule has 3 rings (SSSR count). The topological polar surface area (TPSA) is 15.8 Å². The summed E-state index contributed by atoms with van der Waals surface area (Å²) in [5.74, 6) is 0. The number of para-hydroxylation sites is 1. The van der Waals surface area contributed by atoms with Crippen LogP contribution in [-0.2, 0) is 0 Å². The summed E-state index contributed by atoms with van der Waals surface area (Å²) in [4.78, 5) is 3.53. The summed E-state index contributed by atoms with van der Waals surface area (Å²) in [5, 5.41) is 1.34. The molecule has 0 spiro atoms. The van der Waals surface area contributed by atoms with Gasteiger partial charge in [-0.15, -0.1) is 0 Å². The number of aromatic nitrogens is 1. The normalized spacial score (nSPS) is 15.4. The Morgan fingerprint density at radius 3 is 2.81 bits per heavy atom. The van der Waals surface area contributed by atoms with Gasteiger partial charge in [-0.1, -0.05) is 36.4 Å².